The van der Waals surface area contributed by atoms with Crippen LogP contribution in [0, 0.1) is 0 Å². The number of carbonyl (C=O) groups excluding carboxylic acids is 2. The Hall–Kier alpha value is -3.42. The Bertz CT molecular complexity index is 865. The first-order chi connectivity index (χ1) is 13.1. The van der Waals surface area contributed by atoms with Crippen molar-refractivity contribution in [3.63, 3.8) is 0 Å². The van der Waals surface area contributed by atoms with Gasteiger partial charge in [0.05, 0.1) is 32.6 Å². The van der Waals surface area contributed by atoms with E-state index in [1.54, 1.807) is 18.2 Å². The largest absolute Gasteiger partial charge is 0.493 e. The third kappa shape index (κ3) is 3.74. The van der Waals surface area contributed by atoms with Crippen molar-refractivity contribution in [1.82, 2.24) is 0 Å². The lowest BCUT2D eigenvalue weighted by molar-refractivity contribution is -0.125. The topological polar surface area (TPSA) is 92.3 Å². The van der Waals surface area contributed by atoms with Crippen LogP contribution in [-0.2, 0) is 9.53 Å². The number of benzene rings is 2. The lowest BCUT2D eigenvalue weighted by Gasteiger charge is -2.26. The van der Waals surface area contributed by atoms with Crippen molar-refractivity contribution in [2.24, 2.45) is 0 Å². The Balaban J connectivity index is 1.86. The van der Waals surface area contributed by atoms with Crippen LogP contribution < -0.4 is 24.3 Å². The number of hydrogen-bond acceptors (Lipinski definition) is 7. The second-order valence-corrected chi connectivity index (χ2v) is 5.60. The normalized spacial score (nSPS) is 14.9. The van der Waals surface area contributed by atoms with Crippen LogP contribution in [0.25, 0.3) is 0 Å². The lowest BCUT2D eigenvalue weighted by atomic mass is 10.1. The maximum Gasteiger partial charge on any atom is 0.340 e. The maximum absolute atomic E-state index is 12.7. The molecule has 1 heterocycles. The third-order valence-electron chi connectivity index (χ3n) is 3.99. The molecule has 8 nitrogen and oxygen atoms in total. The average molecular weight is 373 g/mol. The number of anilines is 1. The molecule has 1 aliphatic heterocycles. The summed E-state index contributed by atoms with van der Waals surface area (Å²) >= 11 is 0. The summed E-state index contributed by atoms with van der Waals surface area (Å²) in [6.07, 6.45) is -0.876. The minimum atomic E-state index is -0.876. The van der Waals surface area contributed by atoms with Gasteiger partial charge in [-0.2, -0.15) is 0 Å². The standard InChI is InChI=1S/C19H19NO7/c1-23-15-8-11(19(22)25-3)12(9-16(15)24-2)20-18(21)17-10-26-13-6-4-5-7-14(13)27-17/h4-9,17H,10H2,1-3H3,(H,20,21)/t17-/m1/s1. The van der Waals surface area contributed by atoms with Gasteiger partial charge in [-0.25, -0.2) is 4.79 Å². The Morgan fingerprint density at radius 1 is 1.04 bits per heavy atom. The Morgan fingerprint density at radius 3 is 2.37 bits per heavy atom. The lowest BCUT2D eigenvalue weighted by Crippen LogP contribution is -2.40. The fraction of sp³-hybridized carbons (Fsp3) is 0.263. The van der Waals surface area contributed by atoms with Crippen molar-refractivity contribution >= 4 is 17.6 Å². The zero-order valence-electron chi connectivity index (χ0n) is 15.1. The van der Waals surface area contributed by atoms with E-state index >= 15 is 0 Å². The van der Waals surface area contributed by atoms with Gasteiger partial charge in [-0.1, -0.05) is 12.1 Å². The van der Waals surface area contributed by atoms with Gasteiger partial charge in [0.2, 0.25) is 6.10 Å². The number of amides is 1. The molecule has 0 fully saturated rings. The molecule has 1 N–H and O–H groups in total. The quantitative estimate of drug-likeness (QED) is 0.804. The van der Waals surface area contributed by atoms with Crippen LogP contribution in [0.3, 0.4) is 0 Å². The molecule has 2 aromatic rings. The van der Waals surface area contributed by atoms with Gasteiger partial charge in [0, 0.05) is 12.1 Å². The van der Waals surface area contributed by atoms with Crippen molar-refractivity contribution < 1.29 is 33.3 Å². The number of hydrogen-bond donors (Lipinski definition) is 1. The molecule has 1 aliphatic rings. The molecule has 0 saturated carbocycles. The van der Waals surface area contributed by atoms with Crippen LogP contribution in [0.15, 0.2) is 36.4 Å². The molecule has 0 unspecified atom stereocenters. The number of nitrogens with one attached hydrogen (secondary N) is 1. The van der Waals surface area contributed by atoms with E-state index in [1.807, 2.05) is 6.07 Å². The van der Waals surface area contributed by atoms with E-state index in [-0.39, 0.29) is 17.9 Å². The molecule has 0 radical (unpaired) electrons. The molecule has 0 aliphatic carbocycles. The molecule has 0 spiro atoms. The highest BCUT2D eigenvalue weighted by Crippen LogP contribution is 2.35. The highest BCUT2D eigenvalue weighted by atomic mass is 16.6. The fourth-order valence-corrected chi connectivity index (χ4v) is 2.62. The summed E-state index contributed by atoms with van der Waals surface area (Å²) in [6, 6.07) is 9.99. The maximum atomic E-state index is 12.7. The van der Waals surface area contributed by atoms with Crippen molar-refractivity contribution in [3.8, 4) is 23.0 Å². The van der Waals surface area contributed by atoms with Crippen LogP contribution in [0.4, 0.5) is 5.69 Å². The number of esters is 1. The summed E-state index contributed by atoms with van der Waals surface area (Å²) in [5, 5.41) is 2.67. The van der Waals surface area contributed by atoms with Gasteiger partial charge in [0.25, 0.3) is 5.91 Å². The Kier molecular flexibility index (Phi) is 5.35. The molecule has 0 saturated heterocycles. The zero-order chi connectivity index (χ0) is 19.4. The van der Waals surface area contributed by atoms with E-state index in [0.29, 0.717) is 23.0 Å². The predicted molar refractivity (Wildman–Crippen MR) is 95.9 cm³/mol. The summed E-state index contributed by atoms with van der Waals surface area (Å²) in [5.74, 6) is 0.639. The van der Waals surface area contributed by atoms with E-state index in [0.717, 1.165) is 0 Å². The van der Waals surface area contributed by atoms with Gasteiger partial charge in [0.1, 0.15) is 6.61 Å². The molecule has 0 bridgehead atoms. The van der Waals surface area contributed by atoms with Gasteiger partial charge < -0.3 is 29.0 Å². The summed E-state index contributed by atoms with van der Waals surface area (Å²) in [6.45, 7) is 0.0453. The van der Waals surface area contributed by atoms with E-state index < -0.39 is 18.0 Å². The summed E-state index contributed by atoms with van der Waals surface area (Å²) in [4.78, 5) is 24.8. The predicted octanol–water partition coefficient (Wildman–Crippen LogP) is 2.27. The van der Waals surface area contributed by atoms with E-state index in [4.69, 9.17) is 23.7 Å². The van der Waals surface area contributed by atoms with Gasteiger partial charge >= 0.3 is 5.97 Å². The molecular formula is C19H19NO7. The van der Waals surface area contributed by atoms with Crippen molar-refractivity contribution in [1.29, 1.82) is 0 Å². The second kappa shape index (κ2) is 7.86. The molecule has 142 valence electrons. The number of para-hydroxylation sites is 2. The minimum Gasteiger partial charge on any atom is -0.493 e. The first-order valence-corrected chi connectivity index (χ1v) is 8.11. The monoisotopic (exact) mass is 373 g/mol. The summed E-state index contributed by atoms with van der Waals surface area (Å²) in [7, 11) is 4.15. The van der Waals surface area contributed by atoms with Crippen LogP contribution in [0.5, 0.6) is 23.0 Å². The highest BCUT2D eigenvalue weighted by molar-refractivity contribution is 6.03. The van der Waals surface area contributed by atoms with Crippen molar-refractivity contribution in [2.45, 2.75) is 6.10 Å². The number of methoxy groups -OCH3 is 3. The van der Waals surface area contributed by atoms with Gasteiger partial charge in [-0.15, -0.1) is 0 Å². The van der Waals surface area contributed by atoms with Gasteiger partial charge in [-0.05, 0) is 12.1 Å². The van der Waals surface area contributed by atoms with Crippen LogP contribution >= 0.6 is 0 Å². The second-order valence-electron chi connectivity index (χ2n) is 5.60. The van der Waals surface area contributed by atoms with Crippen molar-refractivity contribution in [2.75, 3.05) is 33.3 Å². The molecule has 1 atom stereocenters. The molecule has 8 heteroatoms. The molecule has 0 aromatic heterocycles. The van der Waals surface area contributed by atoms with E-state index in [1.165, 1.54) is 33.5 Å². The Labute approximate surface area is 155 Å². The molecule has 27 heavy (non-hydrogen) atoms. The zero-order valence-corrected chi connectivity index (χ0v) is 15.1. The van der Waals surface area contributed by atoms with E-state index in [9.17, 15) is 9.59 Å². The van der Waals surface area contributed by atoms with Crippen molar-refractivity contribution in [3.05, 3.63) is 42.0 Å². The first-order valence-electron chi connectivity index (χ1n) is 8.11. The van der Waals surface area contributed by atoms with Gasteiger partial charge in [-0.3, -0.25) is 4.79 Å². The van der Waals surface area contributed by atoms with Crippen LogP contribution in [0.1, 0.15) is 10.4 Å². The Morgan fingerprint density at radius 2 is 1.70 bits per heavy atom. The SMILES string of the molecule is COC(=O)c1cc(OC)c(OC)cc1NC(=O)[C@H]1COc2ccccc2O1. The average Bonchev–Trinajstić information content (AvgIpc) is 2.72. The number of carbonyl (C=O) groups is 2. The minimum absolute atomic E-state index is 0.0453. The number of ether oxygens (including phenoxy) is 5. The highest BCUT2D eigenvalue weighted by Gasteiger charge is 2.29. The third-order valence-corrected chi connectivity index (χ3v) is 3.99. The van der Waals surface area contributed by atoms with Gasteiger partial charge in [0.15, 0.2) is 23.0 Å². The summed E-state index contributed by atoms with van der Waals surface area (Å²) in [5.41, 5.74) is 0.340. The summed E-state index contributed by atoms with van der Waals surface area (Å²) < 4.78 is 26.5. The molecule has 2 aromatic carbocycles. The number of rotatable bonds is 5. The fourth-order valence-electron chi connectivity index (χ4n) is 2.62. The molecule has 3 rings (SSSR count). The van der Waals surface area contributed by atoms with E-state index in [2.05, 4.69) is 5.32 Å². The molecule has 1 amide bonds. The smallest absolute Gasteiger partial charge is 0.340 e. The molecular weight excluding hydrogens is 354 g/mol. The van der Waals surface area contributed by atoms with Crippen LogP contribution in [-0.4, -0.2) is 45.9 Å². The first kappa shape index (κ1) is 18.4. The van der Waals surface area contributed by atoms with Crippen LogP contribution in [0.2, 0.25) is 0 Å². The number of fused-ring (bicyclic) bond motifs is 1.